The van der Waals surface area contributed by atoms with Gasteiger partial charge >= 0.3 is 0 Å². The van der Waals surface area contributed by atoms with Crippen LogP contribution in [-0.4, -0.2) is 23.6 Å². The standard InChI is InChI=1S/C10H17N3/c1-5-6-13(4)10-9(3)11-7-8(2)12-10/h7H,5-6H2,1-4H3. The molecule has 0 saturated heterocycles. The first-order valence-corrected chi connectivity index (χ1v) is 4.66. The number of hydrogen-bond acceptors (Lipinski definition) is 3. The van der Waals surface area contributed by atoms with E-state index in [-0.39, 0.29) is 0 Å². The molecule has 0 aliphatic heterocycles. The minimum Gasteiger partial charge on any atom is -0.358 e. The molecule has 13 heavy (non-hydrogen) atoms. The first-order chi connectivity index (χ1) is 6.15. The monoisotopic (exact) mass is 179 g/mol. The lowest BCUT2D eigenvalue weighted by molar-refractivity contribution is 0.822. The van der Waals surface area contributed by atoms with Crippen molar-refractivity contribution < 1.29 is 0 Å². The highest BCUT2D eigenvalue weighted by atomic mass is 15.2. The van der Waals surface area contributed by atoms with Crippen molar-refractivity contribution in [3.8, 4) is 0 Å². The second-order valence-electron chi connectivity index (χ2n) is 3.34. The maximum atomic E-state index is 4.45. The lowest BCUT2D eigenvalue weighted by Crippen LogP contribution is -2.20. The average Bonchev–Trinajstić information content (AvgIpc) is 2.09. The molecule has 0 unspecified atom stereocenters. The van der Waals surface area contributed by atoms with Crippen LogP contribution in [0.5, 0.6) is 0 Å². The summed E-state index contributed by atoms with van der Waals surface area (Å²) >= 11 is 0. The Bertz CT molecular complexity index is 283. The van der Waals surface area contributed by atoms with E-state index in [1.54, 1.807) is 6.20 Å². The quantitative estimate of drug-likeness (QED) is 0.710. The normalized spacial score (nSPS) is 10.2. The van der Waals surface area contributed by atoms with Crippen LogP contribution in [0.4, 0.5) is 5.82 Å². The van der Waals surface area contributed by atoms with Crippen molar-refractivity contribution in [2.45, 2.75) is 27.2 Å². The molecule has 3 heteroatoms. The summed E-state index contributed by atoms with van der Waals surface area (Å²) in [5.74, 6) is 1.00. The molecule has 0 bridgehead atoms. The van der Waals surface area contributed by atoms with Gasteiger partial charge in [0.15, 0.2) is 0 Å². The number of nitrogens with zero attached hydrogens (tertiary/aromatic N) is 3. The van der Waals surface area contributed by atoms with Crippen LogP contribution in [0.15, 0.2) is 6.20 Å². The molecule has 0 fully saturated rings. The smallest absolute Gasteiger partial charge is 0.150 e. The third-order valence-electron chi connectivity index (χ3n) is 1.97. The Morgan fingerprint density at radius 2 is 2.08 bits per heavy atom. The van der Waals surface area contributed by atoms with Gasteiger partial charge in [-0.05, 0) is 20.3 Å². The van der Waals surface area contributed by atoms with Gasteiger partial charge in [0, 0.05) is 19.8 Å². The van der Waals surface area contributed by atoms with E-state index in [1.165, 1.54) is 0 Å². The van der Waals surface area contributed by atoms with Crippen molar-refractivity contribution in [3.05, 3.63) is 17.6 Å². The van der Waals surface area contributed by atoms with Gasteiger partial charge in [0.2, 0.25) is 0 Å². The van der Waals surface area contributed by atoms with E-state index in [2.05, 4.69) is 28.8 Å². The highest BCUT2D eigenvalue weighted by Crippen LogP contribution is 2.13. The van der Waals surface area contributed by atoms with Crippen LogP contribution in [0.25, 0.3) is 0 Å². The molecule has 1 rings (SSSR count). The zero-order valence-electron chi connectivity index (χ0n) is 8.83. The van der Waals surface area contributed by atoms with Gasteiger partial charge in [0.25, 0.3) is 0 Å². The predicted octanol–water partition coefficient (Wildman–Crippen LogP) is 1.94. The van der Waals surface area contributed by atoms with Crippen molar-refractivity contribution in [2.24, 2.45) is 0 Å². The fourth-order valence-corrected chi connectivity index (χ4v) is 1.33. The minimum absolute atomic E-state index is 0.976. The summed E-state index contributed by atoms with van der Waals surface area (Å²) in [5.41, 5.74) is 1.98. The van der Waals surface area contributed by atoms with Gasteiger partial charge in [-0.2, -0.15) is 0 Å². The predicted molar refractivity (Wildman–Crippen MR) is 55.1 cm³/mol. The summed E-state index contributed by atoms with van der Waals surface area (Å²) in [6.45, 7) is 7.15. The van der Waals surface area contributed by atoms with E-state index in [0.717, 1.165) is 30.2 Å². The van der Waals surface area contributed by atoms with Crippen LogP contribution in [0.3, 0.4) is 0 Å². The molecule has 0 N–H and O–H groups in total. The zero-order valence-corrected chi connectivity index (χ0v) is 8.83. The molecule has 3 nitrogen and oxygen atoms in total. The largest absolute Gasteiger partial charge is 0.358 e. The average molecular weight is 179 g/mol. The first-order valence-electron chi connectivity index (χ1n) is 4.66. The molecule has 1 heterocycles. The van der Waals surface area contributed by atoms with Gasteiger partial charge in [-0.25, -0.2) is 4.98 Å². The molecule has 72 valence electrons. The Balaban J connectivity index is 2.91. The molecule has 0 aliphatic carbocycles. The van der Waals surface area contributed by atoms with Crippen molar-refractivity contribution in [1.82, 2.24) is 9.97 Å². The zero-order chi connectivity index (χ0) is 9.84. The van der Waals surface area contributed by atoms with Crippen LogP contribution in [0.2, 0.25) is 0 Å². The molecule has 1 aromatic rings. The topological polar surface area (TPSA) is 29.0 Å². The third kappa shape index (κ3) is 2.41. The van der Waals surface area contributed by atoms with Crippen molar-refractivity contribution in [3.63, 3.8) is 0 Å². The van der Waals surface area contributed by atoms with Crippen molar-refractivity contribution in [1.29, 1.82) is 0 Å². The molecule has 0 aliphatic rings. The fraction of sp³-hybridized carbons (Fsp3) is 0.600. The van der Waals surface area contributed by atoms with Crippen LogP contribution in [0, 0.1) is 13.8 Å². The van der Waals surface area contributed by atoms with Gasteiger partial charge in [0.05, 0.1) is 11.4 Å². The fourth-order valence-electron chi connectivity index (χ4n) is 1.33. The van der Waals surface area contributed by atoms with E-state index in [9.17, 15) is 0 Å². The van der Waals surface area contributed by atoms with Gasteiger partial charge in [0.1, 0.15) is 5.82 Å². The summed E-state index contributed by atoms with van der Waals surface area (Å²) in [7, 11) is 2.06. The Morgan fingerprint density at radius 3 is 2.69 bits per heavy atom. The Hall–Kier alpha value is -1.12. The number of hydrogen-bond donors (Lipinski definition) is 0. The molecule has 0 spiro atoms. The molecule has 0 saturated carbocycles. The molecule has 0 amide bonds. The summed E-state index contributed by atoms with van der Waals surface area (Å²) in [6.07, 6.45) is 2.93. The highest BCUT2D eigenvalue weighted by Gasteiger charge is 2.05. The maximum Gasteiger partial charge on any atom is 0.150 e. The summed E-state index contributed by atoms with van der Waals surface area (Å²) in [5, 5.41) is 0. The molecular weight excluding hydrogens is 162 g/mol. The van der Waals surface area contributed by atoms with Crippen molar-refractivity contribution in [2.75, 3.05) is 18.5 Å². The number of aromatic nitrogens is 2. The molecule has 0 atom stereocenters. The molecular formula is C10H17N3. The second-order valence-corrected chi connectivity index (χ2v) is 3.34. The van der Waals surface area contributed by atoms with E-state index < -0.39 is 0 Å². The first kappa shape index (κ1) is 9.96. The lowest BCUT2D eigenvalue weighted by Gasteiger charge is -2.18. The summed E-state index contributed by atoms with van der Waals surface area (Å²) in [6, 6.07) is 0. The lowest BCUT2D eigenvalue weighted by atomic mass is 10.3. The SMILES string of the molecule is CCCN(C)c1nc(C)cnc1C. The summed E-state index contributed by atoms with van der Waals surface area (Å²) in [4.78, 5) is 10.9. The van der Waals surface area contributed by atoms with Gasteiger partial charge in [-0.15, -0.1) is 0 Å². The Kier molecular flexibility index (Phi) is 3.23. The Labute approximate surface area is 79.8 Å². The van der Waals surface area contributed by atoms with Crippen molar-refractivity contribution >= 4 is 5.82 Å². The van der Waals surface area contributed by atoms with E-state index >= 15 is 0 Å². The molecule has 1 aromatic heterocycles. The number of aryl methyl sites for hydroxylation is 2. The number of rotatable bonds is 3. The van der Waals surface area contributed by atoms with Gasteiger partial charge < -0.3 is 4.90 Å². The third-order valence-corrected chi connectivity index (χ3v) is 1.97. The van der Waals surface area contributed by atoms with Gasteiger partial charge in [-0.1, -0.05) is 6.92 Å². The van der Waals surface area contributed by atoms with E-state index in [4.69, 9.17) is 0 Å². The van der Waals surface area contributed by atoms with Crippen LogP contribution < -0.4 is 4.90 Å². The van der Waals surface area contributed by atoms with E-state index in [1.807, 2.05) is 13.8 Å². The molecule has 0 radical (unpaired) electrons. The maximum absolute atomic E-state index is 4.45. The summed E-state index contributed by atoms with van der Waals surface area (Å²) < 4.78 is 0. The van der Waals surface area contributed by atoms with Gasteiger partial charge in [-0.3, -0.25) is 4.98 Å². The van der Waals surface area contributed by atoms with E-state index in [0.29, 0.717) is 0 Å². The number of anilines is 1. The second kappa shape index (κ2) is 4.21. The van der Waals surface area contributed by atoms with Crippen LogP contribution in [-0.2, 0) is 0 Å². The minimum atomic E-state index is 0.976. The Morgan fingerprint density at radius 1 is 1.38 bits per heavy atom. The molecule has 0 aromatic carbocycles. The highest BCUT2D eigenvalue weighted by molar-refractivity contribution is 5.41. The van der Waals surface area contributed by atoms with Crippen LogP contribution in [0.1, 0.15) is 24.7 Å². The van der Waals surface area contributed by atoms with Crippen LogP contribution >= 0.6 is 0 Å².